The fourth-order valence-electron chi connectivity index (χ4n) is 5.69. The van der Waals surface area contributed by atoms with Crippen molar-refractivity contribution in [3.8, 4) is 0 Å². The lowest BCUT2D eigenvalue weighted by atomic mass is 10.0. The minimum Gasteiger partial charge on any atom is -0.394 e. The number of hydrogen-bond donors (Lipinski definition) is 4. The van der Waals surface area contributed by atoms with Crippen molar-refractivity contribution in [1.82, 2.24) is 5.32 Å². The Morgan fingerprint density at radius 1 is 0.595 bits per heavy atom. The molecule has 0 aromatic rings. The largest absolute Gasteiger partial charge is 0.394 e. The molecule has 4 N–H and O–H groups in total. The first kappa shape index (κ1) is 41.1. The van der Waals surface area contributed by atoms with Crippen LogP contribution in [0.1, 0.15) is 194 Å². The van der Waals surface area contributed by atoms with E-state index in [0.29, 0.717) is 6.42 Å². The van der Waals surface area contributed by atoms with Gasteiger partial charge in [0.15, 0.2) is 0 Å². The van der Waals surface area contributed by atoms with Crippen LogP contribution in [0.25, 0.3) is 0 Å². The molecule has 0 spiro atoms. The van der Waals surface area contributed by atoms with Crippen LogP contribution in [0.4, 0.5) is 0 Å². The van der Waals surface area contributed by atoms with Crippen LogP contribution >= 0.6 is 0 Å². The summed E-state index contributed by atoms with van der Waals surface area (Å²) in [6.07, 6.45) is 36.2. The number of hydrogen-bond acceptors (Lipinski definition) is 4. The van der Waals surface area contributed by atoms with Gasteiger partial charge in [-0.3, -0.25) is 4.79 Å². The molecule has 0 aliphatic heterocycles. The summed E-state index contributed by atoms with van der Waals surface area (Å²) in [5, 5.41) is 33.0. The standard InChI is InChI=1S/C37H73NO4/c1-3-5-7-9-11-13-15-17-18-19-21-23-25-27-29-31-36(41)35(33-39)38-37(42)32-34(40)30-28-26-24-22-20-16-14-12-10-8-6-4-2/h29,31,34-36,39-41H,3-28,30,32-33H2,1-2H3,(H,38,42)/b31-29+. The molecule has 5 heteroatoms. The van der Waals surface area contributed by atoms with Crippen LogP contribution in [0.2, 0.25) is 0 Å². The zero-order chi connectivity index (χ0) is 30.9. The average Bonchev–Trinajstić information content (AvgIpc) is 2.98. The third-order valence-electron chi connectivity index (χ3n) is 8.57. The van der Waals surface area contributed by atoms with Crippen LogP contribution in [-0.2, 0) is 4.79 Å². The number of aliphatic hydroxyl groups excluding tert-OH is 3. The lowest BCUT2D eigenvalue weighted by Crippen LogP contribution is -2.45. The quantitative estimate of drug-likeness (QED) is 0.0449. The summed E-state index contributed by atoms with van der Waals surface area (Å²) in [7, 11) is 0. The van der Waals surface area contributed by atoms with Crippen LogP contribution in [0, 0.1) is 0 Å². The number of rotatable bonds is 33. The number of allylic oxidation sites excluding steroid dienone is 1. The fraction of sp³-hybridized carbons (Fsp3) is 0.919. The van der Waals surface area contributed by atoms with E-state index in [1.54, 1.807) is 6.08 Å². The molecule has 3 atom stereocenters. The first-order valence-electron chi connectivity index (χ1n) is 18.5. The molecule has 0 aromatic carbocycles. The van der Waals surface area contributed by atoms with E-state index >= 15 is 0 Å². The Balaban J connectivity index is 3.73. The van der Waals surface area contributed by atoms with Gasteiger partial charge in [-0.05, 0) is 19.3 Å². The molecule has 1 amide bonds. The molecule has 0 aliphatic rings. The van der Waals surface area contributed by atoms with Crippen molar-refractivity contribution in [2.24, 2.45) is 0 Å². The highest BCUT2D eigenvalue weighted by atomic mass is 16.3. The van der Waals surface area contributed by atoms with E-state index in [1.807, 2.05) is 6.08 Å². The number of carbonyl (C=O) groups is 1. The van der Waals surface area contributed by atoms with Gasteiger partial charge in [-0.25, -0.2) is 0 Å². The Bertz CT molecular complexity index is 582. The van der Waals surface area contributed by atoms with E-state index in [2.05, 4.69) is 19.2 Å². The molecule has 0 heterocycles. The highest BCUT2D eigenvalue weighted by Gasteiger charge is 2.20. The molecular weight excluding hydrogens is 522 g/mol. The highest BCUT2D eigenvalue weighted by molar-refractivity contribution is 5.76. The third kappa shape index (κ3) is 29.2. The van der Waals surface area contributed by atoms with E-state index in [4.69, 9.17) is 0 Å². The van der Waals surface area contributed by atoms with Gasteiger partial charge in [0.05, 0.1) is 31.3 Å². The Labute approximate surface area is 261 Å². The molecule has 5 nitrogen and oxygen atoms in total. The molecular formula is C37H73NO4. The van der Waals surface area contributed by atoms with Crippen molar-refractivity contribution in [2.45, 2.75) is 212 Å². The third-order valence-corrected chi connectivity index (χ3v) is 8.57. The summed E-state index contributed by atoms with van der Waals surface area (Å²) in [6, 6.07) is -0.737. The molecule has 0 saturated heterocycles. The number of nitrogens with one attached hydrogen (secondary N) is 1. The summed E-state index contributed by atoms with van der Waals surface area (Å²) >= 11 is 0. The van der Waals surface area contributed by atoms with Gasteiger partial charge in [0.25, 0.3) is 0 Å². The molecule has 0 aliphatic carbocycles. The number of amides is 1. The van der Waals surface area contributed by atoms with Crippen LogP contribution in [-0.4, -0.2) is 46.1 Å². The smallest absolute Gasteiger partial charge is 0.222 e. The maximum absolute atomic E-state index is 12.3. The molecule has 0 fully saturated rings. The van der Waals surface area contributed by atoms with Gasteiger partial charge in [0, 0.05) is 0 Å². The first-order chi connectivity index (χ1) is 20.5. The summed E-state index contributed by atoms with van der Waals surface area (Å²) < 4.78 is 0. The molecule has 0 saturated carbocycles. The maximum atomic E-state index is 12.3. The summed E-state index contributed by atoms with van der Waals surface area (Å²) in [5.41, 5.74) is 0. The summed E-state index contributed by atoms with van der Waals surface area (Å²) in [5.74, 6) is -0.315. The lowest BCUT2D eigenvalue weighted by Gasteiger charge is -2.21. The molecule has 0 radical (unpaired) electrons. The first-order valence-corrected chi connectivity index (χ1v) is 18.5. The lowest BCUT2D eigenvalue weighted by molar-refractivity contribution is -0.124. The van der Waals surface area contributed by atoms with Gasteiger partial charge in [0.1, 0.15) is 0 Å². The van der Waals surface area contributed by atoms with Gasteiger partial charge in [-0.1, -0.05) is 180 Å². The Hall–Kier alpha value is -0.910. The minimum atomic E-state index is -0.922. The van der Waals surface area contributed by atoms with E-state index in [0.717, 1.165) is 25.7 Å². The highest BCUT2D eigenvalue weighted by Crippen LogP contribution is 2.15. The molecule has 3 unspecified atom stereocenters. The van der Waals surface area contributed by atoms with E-state index in [-0.39, 0.29) is 18.9 Å². The van der Waals surface area contributed by atoms with Crippen LogP contribution < -0.4 is 5.32 Å². The topological polar surface area (TPSA) is 89.8 Å². The molecule has 42 heavy (non-hydrogen) atoms. The normalized spacial score (nSPS) is 13.9. The maximum Gasteiger partial charge on any atom is 0.222 e. The van der Waals surface area contributed by atoms with Crippen molar-refractivity contribution in [3.63, 3.8) is 0 Å². The molecule has 0 bridgehead atoms. The predicted molar refractivity (Wildman–Crippen MR) is 181 cm³/mol. The zero-order valence-electron chi connectivity index (χ0n) is 28.1. The van der Waals surface area contributed by atoms with Crippen molar-refractivity contribution in [1.29, 1.82) is 0 Å². The number of unbranched alkanes of at least 4 members (excludes halogenated alkanes) is 24. The Morgan fingerprint density at radius 3 is 1.38 bits per heavy atom. The van der Waals surface area contributed by atoms with Gasteiger partial charge >= 0.3 is 0 Å². The summed E-state index contributed by atoms with van der Waals surface area (Å²) in [6.45, 7) is 4.20. The van der Waals surface area contributed by atoms with Crippen molar-refractivity contribution < 1.29 is 20.1 Å². The second-order valence-electron chi connectivity index (χ2n) is 12.8. The van der Waals surface area contributed by atoms with E-state index in [1.165, 1.54) is 141 Å². The Kier molecular flexibility index (Phi) is 32.3. The average molecular weight is 596 g/mol. The minimum absolute atomic E-state index is 0.0178. The van der Waals surface area contributed by atoms with Crippen LogP contribution in [0.3, 0.4) is 0 Å². The van der Waals surface area contributed by atoms with E-state index < -0.39 is 18.2 Å². The zero-order valence-corrected chi connectivity index (χ0v) is 28.1. The van der Waals surface area contributed by atoms with E-state index in [9.17, 15) is 20.1 Å². The molecule has 250 valence electrons. The monoisotopic (exact) mass is 596 g/mol. The van der Waals surface area contributed by atoms with Gasteiger partial charge < -0.3 is 20.6 Å². The Morgan fingerprint density at radius 2 is 0.976 bits per heavy atom. The second kappa shape index (κ2) is 33.0. The molecule has 0 rings (SSSR count). The van der Waals surface area contributed by atoms with Crippen molar-refractivity contribution in [2.75, 3.05) is 6.61 Å². The van der Waals surface area contributed by atoms with Gasteiger partial charge in [-0.15, -0.1) is 0 Å². The van der Waals surface area contributed by atoms with Gasteiger partial charge in [0.2, 0.25) is 5.91 Å². The van der Waals surface area contributed by atoms with Crippen molar-refractivity contribution in [3.05, 3.63) is 12.2 Å². The fourth-order valence-corrected chi connectivity index (χ4v) is 5.69. The predicted octanol–water partition coefficient (Wildman–Crippen LogP) is 9.70. The van der Waals surface area contributed by atoms with Crippen LogP contribution in [0.5, 0.6) is 0 Å². The number of aliphatic hydroxyl groups is 3. The summed E-state index contributed by atoms with van der Waals surface area (Å²) in [4.78, 5) is 12.3. The van der Waals surface area contributed by atoms with Crippen LogP contribution in [0.15, 0.2) is 12.2 Å². The number of carbonyl (C=O) groups excluding carboxylic acids is 1. The SMILES string of the molecule is CCCCCCCCCCCCCCC/C=C/C(O)C(CO)NC(=O)CC(O)CCCCCCCCCCCCCC. The van der Waals surface area contributed by atoms with Crippen molar-refractivity contribution >= 4 is 5.91 Å². The second-order valence-corrected chi connectivity index (χ2v) is 12.8. The molecule has 0 aromatic heterocycles. The van der Waals surface area contributed by atoms with Gasteiger partial charge in [-0.2, -0.15) is 0 Å².